The molecule has 0 aromatic carbocycles. The normalized spacial score (nSPS) is 19.7. The first-order valence-electron chi connectivity index (χ1n) is 11.1. The van der Waals surface area contributed by atoms with Gasteiger partial charge >= 0.3 is 0 Å². The molecule has 0 bridgehead atoms. The van der Waals surface area contributed by atoms with Crippen molar-refractivity contribution in [3.05, 3.63) is 29.6 Å². The van der Waals surface area contributed by atoms with E-state index in [-0.39, 0.29) is 5.91 Å². The summed E-state index contributed by atoms with van der Waals surface area (Å²) >= 11 is 0. The number of allylic oxidation sites excluding steroid dienone is 1. The number of hydrogen-bond donors (Lipinski definition) is 1. The fourth-order valence-electron chi connectivity index (χ4n) is 4.52. The van der Waals surface area contributed by atoms with Crippen molar-refractivity contribution in [3.63, 3.8) is 0 Å². The molecule has 1 aliphatic heterocycles. The fourth-order valence-corrected chi connectivity index (χ4v) is 4.52. The summed E-state index contributed by atoms with van der Waals surface area (Å²) in [6.45, 7) is 15.0. The van der Waals surface area contributed by atoms with E-state index in [4.69, 9.17) is 5.10 Å². The van der Waals surface area contributed by atoms with Crippen molar-refractivity contribution in [1.82, 2.24) is 24.9 Å². The van der Waals surface area contributed by atoms with Gasteiger partial charge in [-0.25, -0.2) is 0 Å². The number of aromatic nitrogens is 2. The molecule has 1 fully saturated rings. The average molecular weight is 388 g/mol. The fraction of sp³-hybridized carbons (Fsp3) is 0.727. The van der Waals surface area contributed by atoms with Crippen LogP contribution in [0.4, 0.5) is 0 Å². The largest absolute Gasteiger partial charge is 0.337 e. The van der Waals surface area contributed by atoms with Gasteiger partial charge in [-0.15, -0.1) is 6.58 Å². The lowest BCUT2D eigenvalue weighted by atomic mass is 9.91. The Morgan fingerprint density at radius 3 is 2.71 bits per heavy atom. The maximum atomic E-state index is 13.2. The van der Waals surface area contributed by atoms with Crippen LogP contribution in [0.1, 0.15) is 61.3 Å². The molecular formula is C22H37N5O. The lowest BCUT2D eigenvalue weighted by Crippen LogP contribution is -2.41. The van der Waals surface area contributed by atoms with E-state index >= 15 is 0 Å². The van der Waals surface area contributed by atoms with Gasteiger partial charge < -0.3 is 15.1 Å². The number of nitrogens with one attached hydrogen (secondary N) is 1. The molecule has 1 aromatic rings. The minimum atomic E-state index is 0.127. The van der Waals surface area contributed by atoms with E-state index in [2.05, 4.69) is 30.6 Å². The van der Waals surface area contributed by atoms with Crippen molar-refractivity contribution in [2.75, 3.05) is 39.3 Å². The Balaban J connectivity index is 1.71. The predicted octanol–water partition coefficient (Wildman–Crippen LogP) is 2.48. The molecule has 0 radical (unpaired) electrons. The van der Waals surface area contributed by atoms with Crippen LogP contribution in [0.2, 0.25) is 0 Å². The van der Waals surface area contributed by atoms with E-state index in [1.807, 2.05) is 15.7 Å². The molecule has 2 heterocycles. The van der Waals surface area contributed by atoms with Gasteiger partial charge in [-0.2, -0.15) is 5.10 Å². The van der Waals surface area contributed by atoms with E-state index < -0.39 is 0 Å². The van der Waals surface area contributed by atoms with Gasteiger partial charge in [0.15, 0.2) is 5.69 Å². The van der Waals surface area contributed by atoms with Crippen LogP contribution in [0.5, 0.6) is 0 Å². The minimum Gasteiger partial charge on any atom is -0.337 e. The highest BCUT2D eigenvalue weighted by molar-refractivity contribution is 5.94. The highest BCUT2D eigenvalue weighted by Crippen LogP contribution is 2.27. The lowest BCUT2D eigenvalue weighted by Gasteiger charge is -2.28. The smallest absolute Gasteiger partial charge is 0.274 e. The molecule has 28 heavy (non-hydrogen) atoms. The average Bonchev–Trinajstić information content (AvgIpc) is 3.09. The van der Waals surface area contributed by atoms with Gasteiger partial charge in [0.2, 0.25) is 0 Å². The molecule has 1 aliphatic carbocycles. The molecule has 1 aromatic heterocycles. The first kappa shape index (κ1) is 21.1. The van der Waals surface area contributed by atoms with Crippen LogP contribution in [-0.2, 0) is 19.4 Å². The highest BCUT2D eigenvalue weighted by atomic mass is 16.2. The topological polar surface area (TPSA) is 53.4 Å². The maximum Gasteiger partial charge on any atom is 0.274 e. The number of likely N-dealkylation sites (N-methyl/N-ethyl adjacent to an activating group) is 1. The van der Waals surface area contributed by atoms with Crippen molar-refractivity contribution in [1.29, 1.82) is 0 Å². The van der Waals surface area contributed by atoms with E-state index in [0.29, 0.717) is 18.3 Å². The predicted molar refractivity (Wildman–Crippen MR) is 114 cm³/mol. The molecule has 1 saturated heterocycles. The Morgan fingerprint density at radius 2 is 2.04 bits per heavy atom. The van der Waals surface area contributed by atoms with Gasteiger partial charge in [0.05, 0.1) is 6.54 Å². The van der Waals surface area contributed by atoms with Gasteiger partial charge in [-0.3, -0.25) is 9.48 Å². The van der Waals surface area contributed by atoms with Gasteiger partial charge in [0, 0.05) is 43.5 Å². The van der Waals surface area contributed by atoms with Crippen LogP contribution in [0.3, 0.4) is 0 Å². The summed E-state index contributed by atoms with van der Waals surface area (Å²) in [5.74, 6) is 0.127. The highest BCUT2D eigenvalue weighted by Gasteiger charge is 2.31. The Kier molecular flexibility index (Phi) is 7.68. The van der Waals surface area contributed by atoms with Gasteiger partial charge in [-0.05, 0) is 51.6 Å². The summed E-state index contributed by atoms with van der Waals surface area (Å²) < 4.78 is 2.01. The zero-order valence-corrected chi connectivity index (χ0v) is 17.8. The molecule has 156 valence electrons. The third-order valence-electron chi connectivity index (χ3n) is 6.25. The van der Waals surface area contributed by atoms with Gasteiger partial charge in [-0.1, -0.05) is 19.9 Å². The molecule has 0 spiro atoms. The van der Waals surface area contributed by atoms with Crippen molar-refractivity contribution in [3.8, 4) is 0 Å². The van der Waals surface area contributed by atoms with E-state index in [1.165, 1.54) is 17.7 Å². The van der Waals surface area contributed by atoms with Crippen LogP contribution >= 0.6 is 0 Å². The minimum absolute atomic E-state index is 0.127. The van der Waals surface area contributed by atoms with Crippen molar-refractivity contribution in [2.24, 2.45) is 0 Å². The molecule has 1 N–H and O–H groups in total. The van der Waals surface area contributed by atoms with Crippen molar-refractivity contribution in [2.45, 2.75) is 65.0 Å². The van der Waals surface area contributed by atoms with Crippen molar-refractivity contribution >= 4 is 5.91 Å². The Hall–Kier alpha value is -1.66. The van der Waals surface area contributed by atoms with Crippen LogP contribution in [0, 0.1) is 0 Å². The van der Waals surface area contributed by atoms with Crippen LogP contribution in [-0.4, -0.2) is 70.8 Å². The number of carbonyl (C=O) groups is 1. The third kappa shape index (κ3) is 4.84. The summed E-state index contributed by atoms with van der Waals surface area (Å²) in [6.07, 6.45) is 8.30. The van der Waals surface area contributed by atoms with Crippen molar-refractivity contribution < 1.29 is 4.79 Å². The first-order chi connectivity index (χ1) is 13.7. The van der Waals surface area contributed by atoms with E-state index in [1.54, 1.807) is 0 Å². The second kappa shape index (κ2) is 10.2. The van der Waals surface area contributed by atoms with E-state index in [0.717, 1.165) is 71.4 Å². The summed E-state index contributed by atoms with van der Waals surface area (Å²) in [6, 6.07) is 0.428. The molecule has 6 heteroatoms. The van der Waals surface area contributed by atoms with Gasteiger partial charge in [0.25, 0.3) is 5.91 Å². The van der Waals surface area contributed by atoms with Crippen LogP contribution < -0.4 is 5.32 Å². The summed E-state index contributed by atoms with van der Waals surface area (Å²) in [5, 5.41) is 8.47. The number of amides is 1. The molecule has 3 rings (SSSR count). The summed E-state index contributed by atoms with van der Waals surface area (Å²) in [7, 11) is 0. The number of rotatable bonds is 9. The number of hydrogen-bond acceptors (Lipinski definition) is 4. The molecule has 6 nitrogen and oxygen atoms in total. The molecule has 1 atom stereocenters. The van der Waals surface area contributed by atoms with E-state index in [9.17, 15) is 4.79 Å². The number of fused-ring (bicyclic) bond motifs is 1. The monoisotopic (exact) mass is 387 g/mol. The number of piperidine rings is 1. The van der Waals surface area contributed by atoms with Crippen LogP contribution in [0.15, 0.2) is 12.7 Å². The zero-order valence-electron chi connectivity index (χ0n) is 17.8. The first-order valence-corrected chi connectivity index (χ1v) is 11.1. The molecule has 1 amide bonds. The maximum absolute atomic E-state index is 13.2. The molecular weight excluding hydrogens is 350 g/mol. The summed E-state index contributed by atoms with van der Waals surface area (Å²) in [5.41, 5.74) is 3.10. The zero-order chi connectivity index (χ0) is 19.9. The third-order valence-corrected chi connectivity index (χ3v) is 6.25. The molecule has 0 unspecified atom stereocenters. The second-order valence-corrected chi connectivity index (χ2v) is 8.02. The molecule has 2 aliphatic rings. The standard InChI is InChI=1S/C22H37N5O/c1-4-13-27-20-11-10-18(23-12-16-25(5-2)6-3)17-19(20)21(24-27)22(28)26-14-8-7-9-15-26/h4,18,23H,1,5-17H2,2-3H3/t18-/m1/s1. The Bertz CT molecular complexity index is 658. The quantitative estimate of drug-likeness (QED) is 0.662. The lowest BCUT2D eigenvalue weighted by molar-refractivity contribution is 0.0716. The Morgan fingerprint density at radius 1 is 1.29 bits per heavy atom. The molecule has 0 saturated carbocycles. The number of likely N-dealkylation sites (tertiary alicyclic amines) is 1. The van der Waals surface area contributed by atoms with Crippen LogP contribution in [0.25, 0.3) is 0 Å². The Labute approximate surface area is 170 Å². The number of nitrogens with zero attached hydrogens (tertiary/aromatic N) is 4. The van der Waals surface area contributed by atoms with Gasteiger partial charge in [0.1, 0.15) is 0 Å². The summed E-state index contributed by atoms with van der Waals surface area (Å²) in [4.78, 5) is 17.6. The number of carbonyl (C=O) groups excluding carboxylic acids is 1. The second-order valence-electron chi connectivity index (χ2n) is 8.02. The SMILES string of the molecule is C=CCn1nc(C(=O)N2CCCCC2)c2c1CC[C@@H](NCCN(CC)CC)C2.